The van der Waals surface area contributed by atoms with Crippen LogP contribution in [0.5, 0.6) is 0 Å². The van der Waals surface area contributed by atoms with Gasteiger partial charge in [0.15, 0.2) is 0 Å². The van der Waals surface area contributed by atoms with Crippen molar-refractivity contribution in [3.05, 3.63) is 35.9 Å². The maximum atomic E-state index is 4.20. The van der Waals surface area contributed by atoms with E-state index in [-0.39, 0.29) is 0 Å². The number of aryl methyl sites for hydroxylation is 1. The molecule has 0 saturated heterocycles. The third-order valence-corrected chi connectivity index (χ3v) is 2.78. The number of unbranched alkanes of at least 4 members (excludes halogenated alkanes) is 4. The summed E-state index contributed by atoms with van der Waals surface area (Å²) in [4.78, 5) is 0. The second kappa shape index (κ2) is 7.93. The Bertz CT molecular complexity index is 218. The van der Waals surface area contributed by atoms with Gasteiger partial charge in [0.1, 0.15) is 0 Å². The van der Waals surface area contributed by atoms with E-state index >= 15 is 0 Å². The molecule has 0 atom stereocenters. The van der Waals surface area contributed by atoms with Gasteiger partial charge in [-0.1, -0.05) is 49.6 Å². The molecule has 1 heteroatoms. The van der Waals surface area contributed by atoms with Gasteiger partial charge in [0.05, 0.1) is 0 Å². The molecule has 1 aromatic carbocycles. The minimum absolute atomic E-state index is 1.04. The van der Waals surface area contributed by atoms with Gasteiger partial charge in [-0.25, -0.2) is 0 Å². The lowest BCUT2D eigenvalue weighted by atomic mass is 10.1. The molecule has 0 heterocycles. The Labute approximate surface area is 93.1 Å². The zero-order valence-corrected chi connectivity index (χ0v) is 9.68. The van der Waals surface area contributed by atoms with Gasteiger partial charge in [-0.05, 0) is 30.6 Å². The Morgan fingerprint density at radius 1 is 0.786 bits per heavy atom. The molecule has 0 saturated carbocycles. The highest BCUT2D eigenvalue weighted by atomic mass is 32.1. The molecule has 78 valence electrons. The first-order valence-corrected chi connectivity index (χ1v) is 6.21. The van der Waals surface area contributed by atoms with E-state index < -0.39 is 0 Å². The highest BCUT2D eigenvalue weighted by Crippen LogP contribution is 2.08. The molecule has 0 N–H and O–H groups in total. The van der Waals surface area contributed by atoms with Gasteiger partial charge < -0.3 is 0 Å². The molecule has 0 aromatic heterocycles. The van der Waals surface area contributed by atoms with Crippen molar-refractivity contribution in [3.63, 3.8) is 0 Å². The zero-order chi connectivity index (χ0) is 10.1. The minimum Gasteiger partial charge on any atom is -0.179 e. The third kappa shape index (κ3) is 5.33. The molecule has 0 amide bonds. The molecular weight excluding hydrogens is 188 g/mol. The summed E-state index contributed by atoms with van der Waals surface area (Å²) in [5.41, 5.74) is 1.47. The molecule has 14 heavy (non-hydrogen) atoms. The summed E-state index contributed by atoms with van der Waals surface area (Å²) in [6.45, 7) is 0. The van der Waals surface area contributed by atoms with Crippen molar-refractivity contribution in [3.8, 4) is 0 Å². The van der Waals surface area contributed by atoms with E-state index in [2.05, 4.69) is 43.0 Å². The molecule has 1 aromatic rings. The molecule has 0 aliphatic heterocycles. The number of hydrogen-bond acceptors (Lipinski definition) is 1. The monoisotopic (exact) mass is 208 g/mol. The minimum atomic E-state index is 1.04. The van der Waals surface area contributed by atoms with Crippen LogP contribution in [0.4, 0.5) is 0 Å². The molecule has 1 rings (SSSR count). The largest absolute Gasteiger partial charge is 0.179 e. The second-order valence-corrected chi connectivity index (χ2v) is 4.17. The quantitative estimate of drug-likeness (QED) is 0.506. The molecule has 0 unspecified atom stereocenters. The van der Waals surface area contributed by atoms with Crippen LogP contribution in [-0.4, -0.2) is 5.75 Å². The van der Waals surface area contributed by atoms with Gasteiger partial charge >= 0.3 is 0 Å². The van der Waals surface area contributed by atoms with Crippen molar-refractivity contribution in [2.24, 2.45) is 0 Å². The van der Waals surface area contributed by atoms with Crippen molar-refractivity contribution < 1.29 is 0 Å². The van der Waals surface area contributed by atoms with Crippen LogP contribution in [0, 0.1) is 0 Å². The van der Waals surface area contributed by atoms with Crippen LogP contribution < -0.4 is 0 Å². The summed E-state index contributed by atoms with van der Waals surface area (Å²) in [6.07, 6.45) is 7.92. The molecule has 0 aliphatic rings. The molecular formula is C13H20S. The Morgan fingerprint density at radius 2 is 1.43 bits per heavy atom. The summed E-state index contributed by atoms with van der Waals surface area (Å²) in [5, 5.41) is 0. The Hall–Kier alpha value is -0.430. The summed E-state index contributed by atoms with van der Waals surface area (Å²) in [5.74, 6) is 1.04. The van der Waals surface area contributed by atoms with Gasteiger partial charge in [-0.15, -0.1) is 0 Å². The van der Waals surface area contributed by atoms with Crippen LogP contribution in [0.2, 0.25) is 0 Å². The summed E-state index contributed by atoms with van der Waals surface area (Å²) in [7, 11) is 0. The lowest BCUT2D eigenvalue weighted by molar-refractivity contribution is 0.635. The number of hydrogen-bond donors (Lipinski definition) is 1. The fourth-order valence-electron chi connectivity index (χ4n) is 1.62. The van der Waals surface area contributed by atoms with Crippen molar-refractivity contribution in [2.45, 2.75) is 38.5 Å². The van der Waals surface area contributed by atoms with Crippen molar-refractivity contribution >= 4 is 12.6 Å². The Kier molecular flexibility index (Phi) is 6.59. The lowest BCUT2D eigenvalue weighted by Gasteiger charge is -2.01. The van der Waals surface area contributed by atoms with E-state index in [1.807, 2.05) is 0 Å². The first kappa shape index (κ1) is 11.6. The van der Waals surface area contributed by atoms with Crippen molar-refractivity contribution in [1.82, 2.24) is 0 Å². The number of thiol groups is 1. The van der Waals surface area contributed by atoms with Crippen LogP contribution in [0.15, 0.2) is 30.3 Å². The summed E-state index contributed by atoms with van der Waals surface area (Å²) < 4.78 is 0. The van der Waals surface area contributed by atoms with E-state index in [1.54, 1.807) is 0 Å². The molecule has 0 bridgehead atoms. The van der Waals surface area contributed by atoms with Crippen LogP contribution >= 0.6 is 12.6 Å². The van der Waals surface area contributed by atoms with Gasteiger partial charge in [0.2, 0.25) is 0 Å². The standard InChI is InChI=1S/C13H20S/c14-12-8-3-1-2-5-9-13-10-6-4-7-11-13/h4,6-7,10-11,14H,1-3,5,8-9,12H2. The van der Waals surface area contributed by atoms with Crippen molar-refractivity contribution in [2.75, 3.05) is 5.75 Å². The van der Waals surface area contributed by atoms with Gasteiger partial charge in [0, 0.05) is 0 Å². The Balaban J connectivity index is 1.99. The Morgan fingerprint density at radius 3 is 2.14 bits per heavy atom. The van der Waals surface area contributed by atoms with E-state index in [1.165, 1.54) is 44.1 Å². The highest BCUT2D eigenvalue weighted by molar-refractivity contribution is 7.80. The average Bonchev–Trinajstić information content (AvgIpc) is 2.25. The van der Waals surface area contributed by atoms with Crippen molar-refractivity contribution in [1.29, 1.82) is 0 Å². The maximum Gasteiger partial charge on any atom is -0.00979 e. The molecule has 0 radical (unpaired) electrons. The van der Waals surface area contributed by atoms with E-state index in [4.69, 9.17) is 0 Å². The fourth-order valence-corrected chi connectivity index (χ4v) is 1.84. The number of benzene rings is 1. The highest BCUT2D eigenvalue weighted by Gasteiger charge is 1.92. The first-order chi connectivity index (χ1) is 6.93. The third-order valence-electron chi connectivity index (χ3n) is 2.47. The molecule has 0 nitrogen and oxygen atoms in total. The van der Waals surface area contributed by atoms with Crippen LogP contribution in [0.3, 0.4) is 0 Å². The second-order valence-electron chi connectivity index (χ2n) is 3.73. The average molecular weight is 208 g/mol. The normalized spacial score (nSPS) is 10.4. The lowest BCUT2D eigenvalue weighted by Crippen LogP contribution is -1.85. The predicted octanol–water partition coefficient (Wildman–Crippen LogP) is 4.11. The van der Waals surface area contributed by atoms with E-state index in [0.717, 1.165) is 5.75 Å². The topological polar surface area (TPSA) is 0 Å². The predicted molar refractivity (Wildman–Crippen MR) is 67.1 cm³/mol. The van der Waals surface area contributed by atoms with E-state index in [0.29, 0.717) is 0 Å². The fraction of sp³-hybridized carbons (Fsp3) is 0.538. The smallest absolute Gasteiger partial charge is 0.00979 e. The van der Waals surface area contributed by atoms with Gasteiger partial charge in [-0.3, -0.25) is 0 Å². The first-order valence-electron chi connectivity index (χ1n) is 5.58. The molecule has 0 aliphatic carbocycles. The molecule has 0 fully saturated rings. The van der Waals surface area contributed by atoms with E-state index in [9.17, 15) is 0 Å². The van der Waals surface area contributed by atoms with Crippen LogP contribution in [-0.2, 0) is 6.42 Å². The maximum absolute atomic E-state index is 4.20. The SMILES string of the molecule is SCCCCCCCc1ccccc1. The van der Waals surface area contributed by atoms with Crippen LogP contribution in [0.25, 0.3) is 0 Å². The summed E-state index contributed by atoms with van der Waals surface area (Å²) in [6, 6.07) is 10.8. The summed E-state index contributed by atoms with van der Waals surface area (Å²) >= 11 is 4.20. The number of rotatable bonds is 7. The van der Waals surface area contributed by atoms with Gasteiger partial charge in [0.25, 0.3) is 0 Å². The van der Waals surface area contributed by atoms with Crippen LogP contribution in [0.1, 0.15) is 37.7 Å². The van der Waals surface area contributed by atoms with Gasteiger partial charge in [-0.2, -0.15) is 12.6 Å². The molecule has 0 spiro atoms. The zero-order valence-electron chi connectivity index (χ0n) is 8.78.